The highest BCUT2D eigenvalue weighted by molar-refractivity contribution is 7.89. The van der Waals surface area contributed by atoms with E-state index in [2.05, 4.69) is 5.32 Å². The van der Waals surface area contributed by atoms with E-state index in [4.69, 9.17) is 0 Å². The fourth-order valence-corrected chi connectivity index (χ4v) is 5.53. The Labute approximate surface area is 175 Å². The van der Waals surface area contributed by atoms with Crippen LogP contribution in [0.15, 0.2) is 18.2 Å². The molecule has 1 aromatic carbocycles. The SMILES string of the molecule is O=C(CCCS(=O)(=O)N1CCCC1)Nc1cc(C(F)(F)F)ccc1N1CCCCC1. The van der Waals surface area contributed by atoms with Crippen molar-refractivity contribution >= 4 is 27.3 Å². The van der Waals surface area contributed by atoms with Crippen molar-refractivity contribution in [3.05, 3.63) is 23.8 Å². The van der Waals surface area contributed by atoms with Crippen LogP contribution < -0.4 is 10.2 Å². The molecule has 0 unspecified atom stereocenters. The van der Waals surface area contributed by atoms with Crippen molar-refractivity contribution in [2.45, 2.75) is 51.1 Å². The number of piperidine rings is 1. The topological polar surface area (TPSA) is 69.7 Å². The Bertz CT molecular complexity index is 847. The van der Waals surface area contributed by atoms with Crippen molar-refractivity contribution in [2.75, 3.05) is 42.1 Å². The van der Waals surface area contributed by atoms with Gasteiger partial charge in [0.25, 0.3) is 0 Å². The van der Waals surface area contributed by atoms with Gasteiger partial charge in [0.1, 0.15) is 0 Å². The Kier molecular flexibility index (Phi) is 7.28. The van der Waals surface area contributed by atoms with E-state index in [0.29, 0.717) is 18.8 Å². The Morgan fingerprint density at radius 2 is 1.63 bits per heavy atom. The van der Waals surface area contributed by atoms with Crippen LogP contribution in [-0.2, 0) is 21.0 Å². The molecule has 10 heteroatoms. The third-order valence-corrected chi connectivity index (χ3v) is 7.52. The van der Waals surface area contributed by atoms with Crippen LogP contribution in [-0.4, -0.2) is 50.6 Å². The first-order valence-corrected chi connectivity index (χ1v) is 12.0. The number of amides is 1. The summed E-state index contributed by atoms with van der Waals surface area (Å²) in [7, 11) is -3.38. The second-order valence-corrected chi connectivity index (χ2v) is 9.94. The molecule has 0 radical (unpaired) electrons. The van der Waals surface area contributed by atoms with Gasteiger partial charge >= 0.3 is 6.18 Å². The fourth-order valence-electron chi connectivity index (χ4n) is 3.95. The summed E-state index contributed by atoms with van der Waals surface area (Å²) in [5, 5.41) is 2.59. The number of sulfonamides is 1. The summed E-state index contributed by atoms with van der Waals surface area (Å²) >= 11 is 0. The number of hydrogen-bond acceptors (Lipinski definition) is 4. The van der Waals surface area contributed by atoms with E-state index in [1.807, 2.05) is 4.90 Å². The van der Waals surface area contributed by atoms with E-state index in [-0.39, 0.29) is 24.3 Å². The standard InChI is InChI=1S/C20H28F3N3O3S/c21-20(22,23)16-8-9-18(25-10-2-1-3-11-25)17(15-16)24-19(27)7-6-14-30(28,29)26-12-4-5-13-26/h8-9,15H,1-7,10-14H2,(H,24,27). The molecule has 1 N–H and O–H groups in total. The van der Waals surface area contributed by atoms with Gasteiger partial charge in [0.15, 0.2) is 0 Å². The fraction of sp³-hybridized carbons (Fsp3) is 0.650. The summed E-state index contributed by atoms with van der Waals surface area (Å²) in [4.78, 5) is 14.4. The van der Waals surface area contributed by atoms with Crippen molar-refractivity contribution in [3.8, 4) is 0 Å². The van der Waals surface area contributed by atoms with Crippen molar-refractivity contribution in [1.29, 1.82) is 0 Å². The number of hydrogen-bond donors (Lipinski definition) is 1. The maximum Gasteiger partial charge on any atom is 0.416 e. The van der Waals surface area contributed by atoms with E-state index in [9.17, 15) is 26.4 Å². The predicted molar refractivity (Wildman–Crippen MR) is 110 cm³/mol. The lowest BCUT2D eigenvalue weighted by molar-refractivity contribution is -0.137. The number of benzene rings is 1. The van der Waals surface area contributed by atoms with E-state index in [1.54, 1.807) is 0 Å². The normalized spacial score (nSPS) is 18.6. The lowest BCUT2D eigenvalue weighted by atomic mass is 10.1. The Morgan fingerprint density at radius 1 is 1.00 bits per heavy atom. The van der Waals surface area contributed by atoms with Crippen LogP contribution >= 0.6 is 0 Å². The maximum atomic E-state index is 13.2. The van der Waals surface area contributed by atoms with Gasteiger partial charge in [0.2, 0.25) is 15.9 Å². The number of rotatable bonds is 7. The lowest BCUT2D eigenvalue weighted by Crippen LogP contribution is -2.31. The van der Waals surface area contributed by atoms with E-state index >= 15 is 0 Å². The molecule has 0 bridgehead atoms. The third kappa shape index (κ3) is 5.87. The molecule has 168 valence electrons. The highest BCUT2D eigenvalue weighted by Crippen LogP contribution is 2.36. The first-order chi connectivity index (χ1) is 14.2. The maximum absolute atomic E-state index is 13.2. The molecule has 0 atom stereocenters. The molecule has 0 aromatic heterocycles. The summed E-state index contributed by atoms with van der Waals surface area (Å²) in [6.45, 7) is 2.47. The largest absolute Gasteiger partial charge is 0.416 e. The van der Waals surface area contributed by atoms with Gasteiger partial charge in [-0.15, -0.1) is 0 Å². The van der Waals surface area contributed by atoms with Crippen LogP contribution in [0.3, 0.4) is 0 Å². The van der Waals surface area contributed by atoms with Crippen LogP contribution in [0.4, 0.5) is 24.5 Å². The zero-order valence-corrected chi connectivity index (χ0v) is 17.7. The van der Waals surface area contributed by atoms with Crippen LogP contribution in [0.25, 0.3) is 0 Å². The Balaban J connectivity index is 1.66. The van der Waals surface area contributed by atoms with E-state index in [0.717, 1.165) is 57.3 Å². The molecule has 3 rings (SSSR count). The average Bonchev–Trinajstić information content (AvgIpc) is 3.24. The first-order valence-electron chi connectivity index (χ1n) is 10.4. The van der Waals surface area contributed by atoms with Crippen molar-refractivity contribution in [1.82, 2.24) is 4.31 Å². The molecule has 2 fully saturated rings. The summed E-state index contributed by atoms with van der Waals surface area (Å²) in [6.07, 6.45) is 0.202. The monoisotopic (exact) mass is 447 g/mol. The van der Waals surface area contributed by atoms with Crippen LogP contribution in [0, 0.1) is 0 Å². The number of anilines is 2. The summed E-state index contributed by atoms with van der Waals surface area (Å²) in [5.41, 5.74) is -0.130. The summed E-state index contributed by atoms with van der Waals surface area (Å²) in [6, 6.07) is 3.40. The number of carbonyl (C=O) groups excluding carboxylic acids is 1. The van der Waals surface area contributed by atoms with Crippen LogP contribution in [0.1, 0.15) is 50.5 Å². The minimum Gasteiger partial charge on any atom is -0.370 e. The highest BCUT2D eigenvalue weighted by Gasteiger charge is 2.32. The van der Waals surface area contributed by atoms with Crippen molar-refractivity contribution in [3.63, 3.8) is 0 Å². The molecule has 0 saturated carbocycles. The quantitative estimate of drug-likeness (QED) is 0.690. The molecule has 0 spiro atoms. The smallest absolute Gasteiger partial charge is 0.370 e. The lowest BCUT2D eigenvalue weighted by Gasteiger charge is -2.31. The van der Waals surface area contributed by atoms with Crippen LogP contribution in [0.2, 0.25) is 0 Å². The molecule has 1 aromatic rings. The van der Waals surface area contributed by atoms with E-state index in [1.165, 1.54) is 10.4 Å². The summed E-state index contributed by atoms with van der Waals surface area (Å²) < 4.78 is 65.4. The molecular weight excluding hydrogens is 419 g/mol. The number of alkyl halides is 3. The van der Waals surface area contributed by atoms with Gasteiger partial charge in [-0.25, -0.2) is 12.7 Å². The molecule has 2 aliphatic rings. The van der Waals surface area contributed by atoms with Gasteiger partial charge in [0.05, 0.1) is 22.7 Å². The highest BCUT2D eigenvalue weighted by atomic mass is 32.2. The van der Waals surface area contributed by atoms with Gasteiger partial charge < -0.3 is 10.2 Å². The van der Waals surface area contributed by atoms with Gasteiger partial charge in [-0.1, -0.05) is 0 Å². The third-order valence-electron chi connectivity index (χ3n) is 5.56. The minimum absolute atomic E-state index is 0.0667. The molecular formula is C20H28F3N3O3S. The van der Waals surface area contributed by atoms with Crippen LogP contribution in [0.5, 0.6) is 0 Å². The number of nitrogens with zero attached hydrogens (tertiary/aromatic N) is 2. The summed E-state index contributed by atoms with van der Waals surface area (Å²) in [5.74, 6) is -0.619. The van der Waals surface area contributed by atoms with Gasteiger partial charge in [-0.05, 0) is 56.7 Å². The zero-order valence-electron chi connectivity index (χ0n) is 16.9. The molecule has 2 heterocycles. The Hall–Kier alpha value is -1.81. The second kappa shape index (κ2) is 9.55. The molecule has 2 aliphatic heterocycles. The van der Waals surface area contributed by atoms with Gasteiger partial charge in [0, 0.05) is 32.6 Å². The molecule has 6 nitrogen and oxygen atoms in total. The number of nitrogens with one attached hydrogen (secondary N) is 1. The molecule has 1 amide bonds. The number of carbonyl (C=O) groups is 1. The Morgan fingerprint density at radius 3 is 2.27 bits per heavy atom. The molecule has 0 aliphatic carbocycles. The number of halogens is 3. The van der Waals surface area contributed by atoms with Gasteiger partial charge in [-0.3, -0.25) is 4.79 Å². The minimum atomic E-state index is -4.51. The first kappa shape index (κ1) is 22.9. The molecule has 30 heavy (non-hydrogen) atoms. The van der Waals surface area contributed by atoms with Crippen molar-refractivity contribution < 1.29 is 26.4 Å². The molecule has 2 saturated heterocycles. The second-order valence-electron chi connectivity index (χ2n) is 7.85. The average molecular weight is 448 g/mol. The van der Waals surface area contributed by atoms with Gasteiger partial charge in [-0.2, -0.15) is 13.2 Å². The van der Waals surface area contributed by atoms with E-state index < -0.39 is 27.7 Å². The zero-order chi connectivity index (χ0) is 21.8. The van der Waals surface area contributed by atoms with Crippen molar-refractivity contribution in [2.24, 2.45) is 0 Å². The predicted octanol–water partition coefficient (Wildman–Crippen LogP) is 3.84.